The Hall–Kier alpha value is -3.62. The first-order chi connectivity index (χ1) is 13.9. The summed E-state index contributed by atoms with van der Waals surface area (Å²) in [6.45, 7) is 2.04. The van der Waals surface area contributed by atoms with E-state index in [9.17, 15) is 13.2 Å². The standard InChI is InChI=1S/C20H18F3N5O/c1-2-13-5-3-4-6-17(13)28-19-16(11-24)18(25-12-26-19)27-14-7-9-15(10-8-14)29-20(21,22)23/h3-12,24H,2H2,1H3,(H2,25,26,27,28). The van der Waals surface area contributed by atoms with Gasteiger partial charge in [0.1, 0.15) is 23.7 Å². The van der Waals surface area contributed by atoms with Gasteiger partial charge in [0.25, 0.3) is 0 Å². The van der Waals surface area contributed by atoms with Gasteiger partial charge in [0.15, 0.2) is 0 Å². The molecule has 150 valence electrons. The number of nitrogens with one attached hydrogen (secondary N) is 3. The molecule has 0 unspecified atom stereocenters. The number of aromatic nitrogens is 2. The number of nitrogens with zero attached hydrogens (tertiary/aromatic N) is 2. The first kappa shape index (κ1) is 20.1. The molecule has 3 aromatic rings. The van der Waals surface area contributed by atoms with Crippen molar-refractivity contribution in [2.75, 3.05) is 10.6 Å². The third kappa shape index (κ3) is 5.22. The van der Waals surface area contributed by atoms with Crippen LogP contribution in [0.2, 0.25) is 0 Å². The summed E-state index contributed by atoms with van der Waals surface area (Å²) in [4.78, 5) is 8.37. The molecule has 0 fully saturated rings. The highest BCUT2D eigenvalue weighted by molar-refractivity contribution is 5.93. The van der Waals surface area contributed by atoms with Crippen molar-refractivity contribution in [3.63, 3.8) is 0 Å². The highest BCUT2D eigenvalue weighted by atomic mass is 19.4. The van der Waals surface area contributed by atoms with E-state index in [-0.39, 0.29) is 5.75 Å². The van der Waals surface area contributed by atoms with Crippen LogP contribution in [0.15, 0.2) is 54.9 Å². The fraction of sp³-hybridized carbons (Fsp3) is 0.150. The third-order valence-electron chi connectivity index (χ3n) is 4.03. The van der Waals surface area contributed by atoms with Crippen molar-refractivity contribution in [3.8, 4) is 5.75 Å². The maximum absolute atomic E-state index is 12.3. The number of alkyl halides is 3. The van der Waals surface area contributed by atoms with Crippen molar-refractivity contribution in [1.82, 2.24) is 9.97 Å². The van der Waals surface area contributed by atoms with Gasteiger partial charge < -0.3 is 20.8 Å². The van der Waals surface area contributed by atoms with E-state index in [2.05, 4.69) is 25.3 Å². The maximum atomic E-state index is 12.3. The maximum Gasteiger partial charge on any atom is 0.573 e. The number of aryl methyl sites for hydroxylation is 1. The van der Waals surface area contributed by atoms with E-state index in [1.165, 1.54) is 30.6 Å². The van der Waals surface area contributed by atoms with Crippen LogP contribution in [0.4, 0.5) is 36.2 Å². The molecule has 0 bridgehead atoms. The molecule has 3 N–H and O–H groups in total. The predicted octanol–water partition coefficient (Wildman–Crippen LogP) is 5.42. The second kappa shape index (κ2) is 8.59. The van der Waals surface area contributed by atoms with Crippen LogP contribution < -0.4 is 15.4 Å². The van der Waals surface area contributed by atoms with E-state index in [0.29, 0.717) is 22.9 Å². The minimum absolute atomic E-state index is 0.323. The normalized spacial score (nSPS) is 11.0. The second-order valence-electron chi connectivity index (χ2n) is 5.96. The first-order valence-electron chi connectivity index (χ1n) is 8.73. The summed E-state index contributed by atoms with van der Waals surface area (Å²) < 4.78 is 40.7. The number of para-hydroxylation sites is 1. The van der Waals surface area contributed by atoms with Gasteiger partial charge >= 0.3 is 6.36 Å². The van der Waals surface area contributed by atoms with Gasteiger partial charge in [-0.15, -0.1) is 13.2 Å². The minimum atomic E-state index is -4.75. The van der Waals surface area contributed by atoms with Crippen molar-refractivity contribution in [1.29, 1.82) is 5.41 Å². The van der Waals surface area contributed by atoms with Crippen molar-refractivity contribution in [2.24, 2.45) is 0 Å². The summed E-state index contributed by atoms with van der Waals surface area (Å²) >= 11 is 0. The zero-order chi connectivity index (χ0) is 20.9. The van der Waals surface area contributed by atoms with E-state index in [1.807, 2.05) is 31.2 Å². The molecular formula is C20H18F3N5O. The SMILES string of the molecule is CCc1ccccc1Nc1ncnc(Nc2ccc(OC(F)(F)F)cc2)c1C=N. The molecule has 2 aromatic carbocycles. The predicted molar refractivity (Wildman–Crippen MR) is 105 cm³/mol. The molecule has 0 radical (unpaired) electrons. The van der Waals surface area contributed by atoms with Crippen LogP contribution in [0.1, 0.15) is 18.1 Å². The number of rotatable bonds is 7. The summed E-state index contributed by atoms with van der Waals surface area (Å²) in [6, 6.07) is 13.0. The molecule has 6 nitrogen and oxygen atoms in total. The Morgan fingerprint density at radius 2 is 1.66 bits per heavy atom. The lowest BCUT2D eigenvalue weighted by Gasteiger charge is -2.15. The van der Waals surface area contributed by atoms with Gasteiger partial charge in [-0.25, -0.2) is 9.97 Å². The Balaban J connectivity index is 1.83. The number of ether oxygens (including phenoxy) is 1. The number of halogens is 3. The van der Waals surface area contributed by atoms with E-state index >= 15 is 0 Å². The van der Waals surface area contributed by atoms with Crippen LogP contribution in [0, 0.1) is 5.41 Å². The zero-order valence-corrected chi connectivity index (χ0v) is 15.4. The van der Waals surface area contributed by atoms with Crippen LogP contribution in [0.25, 0.3) is 0 Å². The minimum Gasteiger partial charge on any atom is -0.406 e. The Morgan fingerprint density at radius 1 is 1.00 bits per heavy atom. The molecule has 1 heterocycles. The molecule has 3 rings (SSSR count). The Labute approximate surface area is 165 Å². The van der Waals surface area contributed by atoms with Crippen molar-refractivity contribution < 1.29 is 17.9 Å². The summed E-state index contributed by atoms with van der Waals surface area (Å²) in [7, 11) is 0. The average molecular weight is 401 g/mol. The second-order valence-corrected chi connectivity index (χ2v) is 5.96. The van der Waals surface area contributed by atoms with Crippen molar-refractivity contribution in [3.05, 3.63) is 66.0 Å². The smallest absolute Gasteiger partial charge is 0.406 e. The van der Waals surface area contributed by atoms with Crippen molar-refractivity contribution in [2.45, 2.75) is 19.7 Å². The molecular weight excluding hydrogens is 383 g/mol. The largest absolute Gasteiger partial charge is 0.573 e. The number of hydrogen-bond acceptors (Lipinski definition) is 6. The van der Waals surface area contributed by atoms with Gasteiger partial charge in [-0.1, -0.05) is 25.1 Å². The van der Waals surface area contributed by atoms with E-state index in [1.54, 1.807) is 0 Å². The first-order valence-corrected chi connectivity index (χ1v) is 8.73. The fourth-order valence-corrected chi connectivity index (χ4v) is 2.69. The number of anilines is 4. The van der Waals surface area contributed by atoms with Crippen LogP contribution in [0.3, 0.4) is 0 Å². The monoisotopic (exact) mass is 401 g/mol. The molecule has 0 saturated carbocycles. The summed E-state index contributed by atoms with van der Waals surface area (Å²) in [5, 5.41) is 14.0. The van der Waals surface area contributed by atoms with Crippen LogP contribution in [-0.2, 0) is 6.42 Å². The molecule has 1 aromatic heterocycles. The molecule has 0 spiro atoms. The molecule has 0 aliphatic rings. The Bertz CT molecular complexity index is 990. The topological polar surface area (TPSA) is 82.9 Å². The van der Waals surface area contributed by atoms with Gasteiger partial charge in [-0.05, 0) is 42.3 Å². The molecule has 0 amide bonds. The van der Waals surface area contributed by atoms with Crippen LogP contribution in [-0.4, -0.2) is 22.5 Å². The van der Waals surface area contributed by atoms with Crippen molar-refractivity contribution >= 4 is 29.2 Å². The molecule has 0 aliphatic carbocycles. The highest BCUT2D eigenvalue weighted by Gasteiger charge is 2.30. The van der Waals surface area contributed by atoms with E-state index < -0.39 is 6.36 Å². The lowest BCUT2D eigenvalue weighted by atomic mass is 10.1. The highest BCUT2D eigenvalue weighted by Crippen LogP contribution is 2.28. The van der Waals surface area contributed by atoms with Gasteiger partial charge in [0.05, 0.1) is 5.56 Å². The van der Waals surface area contributed by atoms with E-state index in [4.69, 9.17) is 5.41 Å². The van der Waals surface area contributed by atoms with Gasteiger partial charge in [-0.3, -0.25) is 0 Å². The third-order valence-corrected chi connectivity index (χ3v) is 4.03. The number of hydrogen-bond donors (Lipinski definition) is 3. The molecule has 0 atom stereocenters. The fourth-order valence-electron chi connectivity index (χ4n) is 2.69. The van der Waals surface area contributed by atoms with Crippen LogP contribution in [0.5, 0.6) is 5.75 Å². The van der Waals surface area contributed by atoms with Gasteiger partial charge in [0.2, 0.25) is 0 Å². The molecule has 9 heteroatoms. The lowest BCUT2D eigenvalue weighted by Crippen LogP contribution is -2.17. The molecule has 0 saturated heterocycles. The molecule has 0 aliphatic heterocycles. The van der Waals surface area contributed by atoms with Gasteiger partial charge in [0, 0.05) is 17.6 Å². The van der Waals surface area contributed by atoms with Crippen LogP contribution >= 0.6 is 0 Å². The Kier molecular flexibility index (Phi) is 5.96. The summed E-state index contributed by atoms with van der Waals surface area (Å²) in [6.07, 6.45) is -1.47. The quantitative estimate of drug-likeness (QED) is 0.460. The van der Waals surface area contributed by atoms with E-state index in [0.717, 1.165) is 23.9 Å². The van der Waals surface area contributed by atoms with Gasteiger partial charge in [-0.2, -0.15) is 0 Å². The average Bonchev–Trinajstić information content (AvgIpc) is 2.69. The zero-order valence-electron chi connectivity index (χ0n) is 15.4. The molecule has 29 heavy (non-hydrogen) atoms. The lowest BCUT2D eigenvalue weighted by molar-refractivity contribution is -0.274. The Morgan fingerprint density at radius 3 is 2.28 bits per heavy atom. The number of benzene rings is 2. The summed E-state index contributed by atoms with van der Waals surface area (Å²) in [5.74, 6) is 0.461. The summed E-state index contributed by atoms with van der Waals surface area (Å²) in [5.41, 5.74) is 2.86.